The highest BCUT2D eigenvalue weighted by Crippen LogP contribution is 2.39. The van der Waals surface area contributed by atoms with Gasteiger partial charge >= 0.3 is 5.51 Å². The van der Waals surface area contributed by atoms with E-state index in [1.165, 1.54) is 6.07 Å². The molecular weight excluding hydrogens is 285 g/mol. The Bertz CT molecular complexity index is 432. The number of hydrogen-bond acceptors (Lipinski definition) is 2. The summed E-state index contributed by atoms with van der Waals surface area (Å²) in [5.74, 6) is -0.476. The minimum absolute atomic E-state index is 0.0636. The summed E-state index contributed by atoms with van der Waals surface area (Å²) in [6, 6.07) is 4.78. The van der Waals surface area contributed by atoms with Crippen LogP contribution in [0.25, 0.3) is 0 Å². The number of rotatable bonds is 5. The lowest BCUT2D eigenvalue weighted by Gasteiger charge is -2.12. The average Bonchev–Trinajstić information content (AvgIpc) is 2.29. The van der Waals surface area contributed by atoms with Crippen LogP contribution in [-0.2, 0) is 17.6 Å². The molecule has 0 heterocycles. The molecule has 0 unspecified atom stereocenters. The van der Waals surface area contributed by atoms with Crippen LogP contribution in [0.4, 0.5) is 13.2 Å². The number of Topliss-reactive ketones (excluding diaryl/α,β-unsaturated/α-hetero) is 1. The molecule has 0 spiro atoms. The van der Waals surface area contributed by atoms with Gasteiger partial charge in [0, 0.05) is 11.3 Å². The Kier molecular flexibility index (Phi) is 5.53. The summed E-state index contributed by atoms with van der Waals surface area (Å²) in [6.45, 7) is 1.86. The summed E-state index contributed by atoms with van der Waals surface area (Å²) in [6.07, 6.45) is 0.584. The van der Waals surface area contributed by atoms with Crippen molar-refractivity contribution < 1.29 is 18.0 Å². The molecule has 18 heavy (non-hydrogen) atoms. The lowest BCUT2D eigenvalue weighted by atomic mass is 10.1. The number of carbonyl (C=O) groups excluding carboxylic acids is 1. The molecule has 6 heteroatoms. The van der Waals surface area contributed by atoms with Gasteiger partial charge in [-0.2, -0.15) is 13.2 Å². The molecule has 1 aromatic carbocycles. The largest absolute Gasteiger partial charge is 0.446 e. The van der Waals surface area contributed by atoms with E-state index in [2.05, 4.69) is 0 Å². The highest BCUT2D eigenvalue weighted by molar-refractivity contribution is 8.00. The maximum absolute atomic E-state index is 12.4. The van der Waals surface area contributed by atoms with Gasteiger partial charge in [-0.15, -0.1) is 11.6 Å². The van der Waals surface area contributed by atoms with Gasteiger partial charge in [0.2, 0.25) is 0 Å². The van der Waals surface area contributed by atoms with Gasteiger partial charge < -0.3 is 0 Å². The molecule has 0 atom stereocenters. The van der Waals surface area contributed by atoms with Crippen molar-refractivity contribution in [3.05, 3.63) is 29.3 Å². The van der Waals surface area contributed by atoms with Crippen LogP contribution in [0, 0.1) is 0 Å². The Labute approximate surface area is 113 Å². The van der Waals surface area contributed by atoms with Gasteiger partial charge in [-0.25, -0.2) is 0 Å². The Morgan fingerprint density at radius 1 is 1.39 bits per heavy atom. The second-order valence-corrected chi connectivity index (χ2v) is 5.07. The molecule has 0 aliphatic carbocycles. The maximum Gasteiger partial charge on any atom is 0.446 e. The Morgan fingerprint density at radius 3 is 2.56 bits per heavy atom. The molecule has 0 bridgehead atoms. The zero-order valence-electron chi connectivity index (χ0n) is 9.68. The van der Waals surface area contributed by atoms with Gasteiger partial charge in [-0.05, 0) is 35.4 Å². The van der Waals surface area contributed by atoms with Crippen molar-refractivity contribution in [3.8, 4) is 0 Å². The van der Waals surface area contributed by atoms with Crippen LogP contribution < -0.4 is 0 Å². The van der Waals surface area contributed by atoms with Gasteiger partial charge in [0.25, 0.3) is 0 Å². The summed E-state index contributed by atoms with van der Waals surface area (Å²) < 4.78 is 37.3. The summed E-state index contributed by atoms with van der Waals surface area (Å²) >= 11 is 5.18. The number of halogens is 4. The lowest BCUT2D eigenvalue weighted by molar-refractivity contribution is -0.116. The summed E-state index contributed by atoms with van der Waals surface area (Å²) in [5.41, 5.74) is -3.17. The van der Waals surface area contributed by atoms with Crippen molar-refractivity contribution >= 4 is 29.1 Å². The number of hydrogen-bond donors (Lipinski definition) is 0. The maximum atomic E-state index is 12.4. The molecule has 0 saturated carbocycles. The van der Waals surface area contributed by atoms with Crippen LogP contribution in [0.15, 0.2) is 23.1 Å². The topological polar surface area (TPSA) is 17.1 Å². The van der Waals surface area contributed by atoms with Gasteiger partial charge in [-0.3, -0.25) is 4.79 Å². The summed E-state index contributed by atoms with van der Waals surface area (Å²) in [4.78, 5) is 11.3. The van der Waals surface area contributed by atoms with E-state index < -0.39 is 5.51 Å². The van der Waals surface area contributed by atoms with Crippen LogP contribution in [0.1, 0.15) is 18.1 Å². The zero-order valence-corrected chi connectivity index (χ0v) is 11.3. The molecule has 1 aromatic rings. The van der Waals surface area contributed by atoms with Gasteiger partial charge in [0.05, 0.1) is 5.88 Å². The number of thioether (sulfide) groups is 1. The first-order valence-electron chi connectivity index (χ1n) is 5.31. The lowest BCUT2D eigenvalue weighted by Crippen LogP contribution is -2.07. The Hall–Kier alpha value is -0.680. The molecule has 0 aromatic heterocycles. The van der Waals surface area contributed by atoms with Crippen molar-refractivity contribution in [3.63, 3.8) is 0 Å². The van der Waals surface area contributed by atoms with Crippen molar-refractivity contribution in [1.29, 1.82) is 0 Å². The molecule has 0 saturated heterocycles. The fraction of sp³-hybridized carbons (Fsp3) is 0.417. The van der Waals surface area contributed by atoms with E-state index in [-0.39, 0.29) is 34.7 Å². The molecular formula is C12H12ClF3OS. The third kappa shape index (κ3) is 4.90. The van der Waals surface area contributed by atoms with E-state index in [1.54, 1.807) is 12.1 Å². The summed E-state index contributed by atoms with van der Waals surface area (Å²) in [5, 5.41) is 0. The number of carbonyl (C=O) groups is 1. The van der Waals surface area contributed by atoms with Crippen LogP contribution in [0.3, 0.4) is 0 Å². The van der Waals surface area contributed by atoms with E-state index >= 15 is 0 Å². The standard InChI is InChI=1S/C12H12ClF3OS/c1-2-8-3-4-9(6-10(17)7-13)11(5-8)18-12(14,15)16/h3-5H,2,6-7H2,1H3. The number of alkyl halides is 4. The first-order chi connectivity index (χ1) is 8.35. The predicted octanol–water partition coefficient (Wildman–Crippen LogP) is 4.21. The van der Waals surface area contributed by atoms with Crippen LogP contribution in [0.2, 0.25) is 0 Å². The van der Waals surface area contributed by atoms with Gasteiger partial charge in [0.15, 0.2) is 5.78 Å². The van der Waals surface area contributed by atoms with Crippen molar-refractivity contribution in [2.75, 3.05) is 5.88 Å². The molecule has 0 fully saturated rings. The monoisotopic (exact) mass is 296 g/mol. The Balaban J connectivity index is 3.04. The third-order valence-electron chi connectivity index (χ3n) is 2.30. The number of ketones is 1. The second kappa shape index (κ2) is 6.48. The normalized spacial score (nSPS) is 11.6. The highest BCUT2D eigenvalue weighted by Gasteiger charge is 2.30. The van der Waals surface area contributed by atoms with Crippen LogP contribution in [-0.4, -0.2) is 17.2 Å². The van der Waals surface area contributed by atoms with E-state index in [0.29, 0.717) is 12.0 Å². The third-order valence-corrected chi connectivity index (χ3v) is 3.43. The second-order valence-electron chi connectivity index (χ2n) is 3.69. The van der Waals surface area contributed by atoms with Crippen LogP contribution in [0.5, 0.6) is 0 Å². The fourth-order valence-corrected chi connectivity index (χ4v) is 2.27. The number of benzene rings is 1. The SMILES string of the molecule is CCc1ccc(CC(=O)CCl)c(SC(F)(F)F)c1. The quantitative estimate of drug-likeness (QED) is 0.598. The minimum Gasteiger partial charge on any atom is -0.298 e. The molecule has 0 radical (unpaired) electrons. The predicted molar refractivity (Wildman–Crippen MR) is 67.2 cm³/mol. The molecule has 100 valence electrons. The molecule has 1 rings (SSSR count). The molecule has 0 aliphatic heterocycles. The van der Waals surface area contributed by atoms with E-state index in [1.807, 2.05) is 6.92 Å². The minimum atomic E-state index is -4.36. The summed E-state index contributed by atoms with van der Waals surface area (Å²) in [7, 11) is 0. The average molecular weight is 297 g/mol. The number of aryl methyl sites for hydroxylation is 1. The van der Waals surface area contributed by atoms with E-state index in [0.717, 1.165) is 5.56 Å². The molecule has 0 N–H and O–H groups in total. The molecule has 1 nitrogen and oxygen atoms in total. The van der Waals surface area contributed by atoms with Gasteiger partial charge in [-0.1, -0.05) is 19.1 Å². The van der Waals surface area contributed by atoms with Gasteiger partial charge in [0.1, 0.15) is 0 Å². The van der Waals surface area contributed by atoms with Crippen molar-refractivity contribution in [2.24, 2.45) is 0 Å². The van der Waals surface area contributed by atoms with E-state index in [4.69, 9.17) is 11.6 Å². The van der Waals surface area contributed by atoms with E-state index in [9.17, 15) is 18.0 Å². The first-order valence-corrected chi connectivity index (χ1v) is 6.66. The Morgan fingerprint density at radius 2 is 2.06 bits per heavy atom. The molecule has 0 aliphatic rings. The highest BCUT2D eigenvalue weighted by atomic mass is 35.5. The first kappa shape index (κ1) is 15.4. The van der Waals surface area contributed by atoms with Crippen LogP contribution >= 0.6 is 23.4 Å². The van der Waals surface area contributed by atoms with Crippen molar-refractivity contribution in [2.45, 2.75) is 30.2 Å². The fourth-order valence-electron chi connectivity index (χ4n) is 1.44. The zero-order chi connectivity index (χ0) is 13.8. The van der Waals surface area contributed by atoms with Crippen molar-refractivity contribution in [1.82, 2.24) is 0 Å². The smallest absolute Gasteiger partial charge is 0.298 e. The molecule has 0 amide bonds.